The maximum Gasteiger partial charge on any atom is 0.252 e. The van der Waals surface area contributed by atoms with Crippen molar-refractivity contribution in [2.45, 2.75) is 19.1 Å². The van der Waals surface area contributed by atoms with E-state index in [4.69, 9.17) is 16.3 Å². The standard InChI is InChI=1S/C27H25ClFN3O3/c1-2-35-26(22-8-3-4-13-30-22)24(16-33)32-27(34)20-6-5-7-21(28)25(20)23-14-18(15-31-23)17-9-11-19(29)12-10-17/h3-14,24,26,33H,2,15-16H2,1H3,(H,32,34)/t24-,26?/m0/s1. The Morgan fingerprint density at radius 2 is 1.97 bits per heavy atom. The van der Waals surface area contributed by atoms with Crippen molar-refractivity contribution < 1.29 is 19.0 Å². The molecule has 8 heteroatoms. The van der Waals surface area contributed by atoms with Crippen LogP contribution < -0.4 is 5.32 Å². The predicted molar refractivity (Wildman–Crippen MR) is 134 cm³/mol. The van der Waals surface area contributed by atoms with Gasteiger partial charge in [0.1, 0.15) is 11.9 Å². The first-order valence-electron chi connectivity index (χ1n) is 11.3. The summed E-state index contributed by atoms with van der Waals surface area (Å²) in [6.45, 7) is 2.26. The number of aliphatic imine (C=N–C) groups is 1. The topological polar surface area (TPSA) is 83.8 Å². The van der Waals surface area contributed by atoms with Gasteiger partial charge in [0.05, 0.1) is 41.2 Å². The third-order valence-corrected chi connectivity index (χ3v) is 5.98. The van der Waals surface area contributed by atoms with Crippen molar-refractivity contribution in [1.29, 1.82) is 0 Å². The largest absolute Gasteiger partial charge is 0.394 e. The molecule has 0 aliphatic carbocycles. The van der Waals surface area contributed by atoms with Crippen molar-refractivity contribution in [3.05, 3.63) is 106 Å². The Labute approximate surface area is 208 Å². The van der Waals surface area contributed by atoms with E-state index >= 15 is 0 Å². The first-order chi connectivity index (χ1) is 17.0. The SMILES string of the molecule is CCOC(c1ccccn1)[C@H](CO)NC(=O)c1cccc(Cl)c1C1=NCC(c2ccc(F)cc2)=C1. The molecule has 1 aliphatic heterocycles. The maximum atomic E-state index is 13.4. The number of rotatable bonds is 9. The van der Waals surface area contributed by atoms with E-state index in [-0.39, 0.29) is 12.4 Å². The van der Waals surface area contributed by atoms with Crippen LogP contribution in [0.15, 0.2) is 77.9 Å². The second-order valence-electron chi connectivity index (χ2n) is 7.93. The second-order valence-corrected chi connectivity index (χ2v) is 8.34. The summed E-state index contributed by atoms with van der Waals surface area (Å²) < 4.78 is 19.1. The Hall–Kier alpha value is -3.39. The molecule has 2 heterocycles. The van der Waals surface area contributed by atoms with Crippen LogP contribution in [0.2, 0.25) is 5.02 Å². The van der Waals surface area contributed by atoms with E-state index in [1.54, 1.807) is 48.7 Å². The maximum absolute atomic E-state index is 13.4. The van der Waals surface area contributed by atoms with Crippen molar-refractivity contribution in [2.75, 3.05) is 19.8 Å². The lowest BCUT2D eigenvalue weighted by Gasteiger charge is -2.26. The van der Waals surface area contributed by atoms with Gasteiger partial charge in [0, 0.05) is 18.4 Å². The van der Waals surface area contributed by atoms with Crippen LogP contribution in [0.5, 0.6) is 0 Å². The lowest BCUT2D eigenvalue weighted by Crippen LogP contribution is -2.43. The van der Waals surface area contributed by atoms with Crippen molar-refractivity contribution in [3.63, 3.8) is 0 Å². The number of carbonyl (C=O) groups excluding carboxylic acids is 1. The van der Waals surface area contributed by atoms with Crippen molar-refractivity contribution in [3.8, 4) is 0 Å². The number of aromatic nitrogens is 1. The monoisotopic (exact) mass is 493 g/mol. The lowest BCUT2D eigenvalue weighted by molar-refractivity contribution is 0.0134. The van der Waals surface area contributed by atoms with Gasteiger partial charge in [-0.15, -0.1) is 0 Å². The molecule has 0 bridgehead atoms. The number of hydrogen-bond acceptors (Lipinski definition) is 5. The highest BCUT2D eigenvalue weighted by Gasteiger charge is 2.28. The number of aliphatic hydroxyl groups is 1. The molecule has 35 heavy (non-hydrogen) atoms. The van der Waals surface area contributed by atoms with Crippen LogP contribution in [0.1, 0.15) is 40.2 Å². The highest BCUT2D eigenvalue weighted by Crippen LogP contribution is 2.28. The predicted octanol–water partition coefficient (Wildman–Crippen LogP) is 4.63. The van der Waals surface area contributed by atoms with Gasteiger partial charge in [0.15, 0.2) is 0 Å². The Morgan fingerprint density at radius 1 is 1.17 bits per heavy atom. The fourth-order valence-electron chi connectivity index (χ4n) is 3.98. The summed E-state index contributed by atoms with van der Waals surface area (Å²) in [5.74, 6) is -0.735. The molecule has 2 atom stereocenters. The Kier molecular flexibility index (Phi) is 8.02. The minimum absolute atomic E-state index is 0.312. The van der Waals surface area contributed by atoms with Crippen LogP contribution in [0.25, 0.3) is 5.57 Å². The Bertz CT molecular complexity index is 1250. The van der Waals surface area contributed by atoms with Crippen molar-refractivity contribution in [2.24, 2.45) is 4.99 Å². The fraction of sp³-hybridized carbons (Fsp3) is 0.222. The van der Waals surface area contributed by atoms with E-state index in [1.165, 1.54) is 12.1 Å². The van der Waals surface area contributed by atoms with Crippen LogP contribution >= 0.6 is 11.6 Å². The molecule has 1 aliphatic rings. The molecule has 0 saturated carbocycles. The molecule has 1 aromatic heterocycles. The van der Waals surface area contributed by atoms with Crippen LogP contribution in [0.4, 0.5) is 4.39 Å². The van der Waals surface area contributed by atoms with Gasteiger partial charge in [0.25, 0.3) is 5.91 Å². The van der Waals surface area contributed by atoms with Gasteiger partial charge in [-0.05, 0) is 60.5 Å². The number of ether oxygens (including phenoxy) is 1. The zero-order chi connectivity index (χ0) is 24.8. The third kappa shape index (κ3) is 5.65. The molecule has 0 saturated heterocycles. The molecular weight excluding hydrogens is 469 g/mol. The number of hydrogen-bond donors (Lipinski definition) is 2. The van der Waals surface area contributed by atoms with Gasteiger partial charge in [-0.1, -0.05) is 35.9 Å². The summed E-state index contributed by atoms with van der Waals surface area (Å²) in [6, 6.07) is 15.9. The molecule has 3 aromatic rings. The molecular formula is C27H25ClFN3O3. The highest BCUT2D eigenvalue weighted by atomic mass is 35.5. The molecule has 180 valence electrons. The normalized spacial score (nSPS) is 14.7. The van der Waals surface area contributed by atoms with E-state index in [1.807, 2.05) is 19.1 Å². The van der Waals surface area contributed by atoms with Gasteiger partial charge in [-0.25, -0.2) is 4.39 Å². The summed E-state index contributed by atoms with van der Waals surface area (Å²) in [5, 5.41) is 13.3. The number of carbonyl (C=O) groups is 1. The van der Waals surface area contributed by atoms with Crippen molar-refractivity contribution >= 4 is 28.8 Å². The second kappa shape index (κ2) is 11.4. The molecule has 0 fully saturated rings. The van der Waals surface area contributed by atoms with Crippen LogP contribution in [-0.4, -0.2) is 47.5 Å². The van der Waals surface area contributed by atoms with Gasteiger partial charge >= 0.3 is 0 Å². The first kappa shape index (κ1) is 24.7. The number of benzene rings is 2. The van der Waals surface area contributed by atoms with Gasteiger partial charge in [-0.3, -0.25) is 14.8 Å². The van der Waals surface area contributed by atoms with Crippen molar-refractivity contribution in [1.82, 2.24) is 10.3 Å². The van der Waals surface area contributed by atoms with E-state index in [9.17, 15) is 14.3 Å². The summed E-state index contributed by atoms with van der Waals surface area (Å²) in [7, 11) is 0. The quantitative estimate of drug-likeness (QED) is 0.455. The molecule has 6 nitrogen and oxygen atoms in total. The van der Waals surface area contributed by atoms with E-state index in [2.05, 4.69) is 15.3 Å². The smallest absolute Gasteiger partial charge is 0.252 e. The highest BCUT2D eigenvalue weighted by molar-refractivity contribution is 6.37. The number of amides is 1. The number of nitrogens with zero attached hydrogens (tertiary/aromatic N) is 2. The molecule has 2 aromatic carbocycles. The van der Waals surface area contributed by atoms with Crippen LogP contribution in [-0.2, 0) is 4.74 Å². The average Bonchev–Trinajstić information content (AvgIpc) is 3.36. The minimum atomic E-state index is -0.736. The first-order valence-corrected chi connectivity index (χ1v) is 11.6. The zero-order valence-electron chi connectivity index (χ0n) is 19.1. The van der Waals surface area contributed by atoms with Crippen LogP contribution in [0.3, 0.4) is 0 Å². The lowest BCUT2D eigenvalue weighted by atomic mass is 9.99. The zero-order valence-corrected chi connectivity index (χ0v) is 19.9. The Morgan fingerprint density at radius 3 is 2.66 bits per heavy atom. The van der Waals surface area contributed by atoms with E-state index in [0.29, 0.717) is 40.7 Å². The minimum Gasteiger partial charge on any atom is -0.394 e. The van der Waals surface area contributed by atoms with E-state index in [0.717, 1.165) is 11.1 Å². The van der Waals surface area contributed by atoms with Gasteiger partial charge < -0.3 is 15.2 Å². The molecule has 0 spiro atoms. The molecule has 0 radical (unpaired) electrons. The Balaban J connectivity index is 1.62. The number of nitrogens with one attached hydrogen (secondary N) is 1. The number of halogens is 2. The van der Waals surface area contributed by atoms with Gasteiger partial charge in [-0.2, -0.15) is 0 Å². The number of allylic oxidation sites excluding steroid dienone is 1. The third-order valence-electron chi connectivity index (χ3n) is 5.66. The number of pyridine rings is 1. The molecule has 1 unspecified atom stereocenters. The summed E-state index contributed by atoms with van der Waals surface area (Å²) >= 11 is 6.52. The number of aliphatic hydroxyl groups excluding tert-OH is 1. The van der Waals surface area contributed by atoms with Crippen LogP contribution in [0, 0.1) is 5.82 Å². The van der Waals surface area contributed by atoms with E-state index < -0.39 is 18.1 Å². The summed E-state index contributed by atoms with van der Waals surface area (Å²) in [5.41, 5.74) is 3.72. The molecule has 1 amide bonds. The fourth-order valence-corrected chi connectivity index (χ4v) is 4.26. The summed E-state index contributed by atoms with van der Waals surface area (Å²) in [4.78, 5) is 22.3. The molecule has 4 rings (SSSR count). The van der Waals surface area contributed by atoms with Gasteiger partial charge in [0.2, 0.25) is 0 Å². The summed E-state index contributed by atoms with van der Waals surface area (Å²) in [6.07, 6.45) is 2.85. The molecule has 2 N–H and O–H groups in total. The average molecular weight is 494 g/mol.